The molecule has 1 N–H and O–H groups in total. The predicted octanol–water partition coefficient (Wildman–Crippen LogP) is 3.67. The number of carbonyl (C=O) groups excluding carboxylic acids is 1. The van der Waals surface area contributed by atoms with Crippen LogP contribution in [-0.2, 0) is 10.2 Å². The van der Waals surface area contributed by atoms with E-state index in [4.69, 9.17) is 0 Å². The fourth-order valence-corrected chi connectivity index (χ4v) is 3.61. The van der Waals surface area contributed by atoms with Gasteiger partial charge in [0, 0.05) is 6.54 Å². The van der Waals surface area contributed by atoms with E-state index in [0.717, 1.165) is 30.4 Å². The average Bonchev–Trinajstić information content (AvgIpc) is 2.55. The zero-order chi connectivity index (χ0) is 17.9. The van der Waals surface area contributed by atoms with Crippen LogP contribution in [0.5, 0.6) is 0 Å². The van der Waals surface area contributed by atoms with Gasteiger partial charge in [0.2, 0.25) is 5.91 Å². The number of carbonyl (C=O) groups is 1. The Bertz CT molecular complexity index is 726. The Kier molecular flexibility index (Phi) is 5.19. The molecule has 0 aliphatic heterocycles. The van der Waals surface area contributed by atoms with Crippen LogP contribution < -0.4 is 5.32 Å². The van der Waals surface area contributed by atoms with Gasteiger partial charge in [0.15, 0.2) is 0 Å². The number of hydrogen-bond donors (Lipinski definition) is 1. The van der Waals surface area contributed by atoms with Crippen LogP contribution >= 0.6 is 0 Å². The third-order valence-electron chi connectivity index (χ3n) is 5.28. The molecule has 1 fully saturated rings. The van der Waals surface area contributed by atoms with Crippen LogP contribution in [0.2, 0.25) is 0 Å². The number of benzene rings is 2. The Labute approximate surface area is 148 Å². The van der Waals surface area contributed by atoms with E-state index in [1.54, 1.807) is 6.07 Å². The number of amides is 1. The van der Waals surface area contributed by atoms with Gasteiger partial charge in [-0.25, -0.2) is 4.39 Å². The standard InChI is InChI=1S/C21H25FN2O/c1-24(2)19(16-8-6-11-18(22)14-16)15-23-20(25)21(12-7-13-21)17-9-4-3-5-10-17/h3-6,8-11,14,19H,7,12-13,15H2,1-2H3,(H,23,25). The van der Waals surface area contributed by atoms with Gasteiger partial charge < -0.3 is 10.2 Å². The maximum Gasteiger partial charge on any atom is 0.230 e. The van der Waals surface area contributed by atoms with Gasteiger partial charge in [0.25, 0.3) is 0 Å². The van der Waals surface area contributed by atoms with Crippen molar-refractivity contribution in [3.8, 4) is 0 Å². The smallest absolute Gasteiger partial charge is 0.230 e. The summed E-state index contributed by atoms with van der Waals surface area (Å²) in [6, 6.07) is 16.5. The van der Waals surface area contributed by atoms with Crippen LogP contribution in [0, 0.1) is 5.82 Å². The van der Waals surface area contributed by atoms with Gasteiger partial charge in [-0.1, -0.05) is 48.9 Å². The lowest BCUT2D eigenvalue weighted by atomic mass is 9.64. The van der Waals surface area contributed by atoms with E-state index in [9.17, 15) is 9.18 Å². The molecular weight excluding hydrogens is 315 g/mol. The normalized spacial score (nSPS) is 17.0. The highest BCUT2D eigenvalue weighted by Crippen LogP contribution is 2.43. The molecule has 2 aromatic rings. The zero-order valence-corrected chi connectivity index (χ0v) is 14.8. The molecule has 1 aliphatic rings. The van der Waals surface area contributed by atoms with E-state index >= 15 is 0 Å². The van der Waals surface area contributed by atoms with E-state index in [0.29, 0.717) is 6.54 Å². The SMILES string of the molecule is CN(C)C(CNC(=O)C1(c2ccccc2)CCC1)c1cccc(F)c1. The van der Waals surface area contributed by atoms with Gasteiger partial charge >= 0.3 is 0 Å². The molecule has 3 nitrogen and oxygen atoms in total. The second-order valence-corrected chi connectivity index (χ2v) is 7.05. The molecule has 3 rings (SSSR count). The minimum Gasteiger partial charge on any atom is -0.353 e. The van der Waals surface area contributed by atoms with E-state index in [1.807, 2.05) is 55.4 Å². The number of hydrogen-bond acceptors (Lipinski definition) is 2. The molecule has 1 saturated carbocycles. The molecule has 0 spiro atoms. The van der Waals surface area contributed by atoms with Crippen molar-refractivity contribution in [3.05, 3.63) is 71.5 Å². The van der Waals surface area contributed by atoms with Gasteiger partial charge in [-0.05, 0) is 50.2 Å². The van der Waals surface area contributed by atoms with Crippen molar-refractivity contribution in [1.82, 2.24) is 10.2 Å². The highest BCUT2D eigenvalue weighted by Gasteiger charge is 2.45. The molecule has 1 unspecified atom stereocenters. The molecule has 1 aliphatic carbocycles. The van der Waals surface area contributed by atoms with Crippen LogP contribution in [0.1, 0.15) is 36.4 Å². The van der Waals surface area contributed by atoms with Gasteiger partial charge in [-0.2, -0.15) is 0 Å². The van der Waals surface area contributed by atoms with Crippen molar-refractivity contribution < 1.29 is 9.18 Å². The van der Waals surface area contributed by atoms with Crippen molar-refractivity contribution in [2.75, 3.05) is 20.6 Å². The first-order valence-electron chi connectivity index (χ1n) is 8.79. The Balaban J connectivity index is 1.73. The minimum atomic E-state index is -0.403. The highest BCUT2D eigenvalue weighted by molar-refractivity contribution is 5.89. The summed E-state index contributed by atoms with van der Waals surface area (Å²) >= 11 is 0. The third-order valence-corrected chi connectivity index (χ3v) is 5.28. The number of likely N-dealkylation sites (N-methyl/N-ethyl adjacent to an activating group) is 1. The Morgan fingerprint density at radius 1 is 1.16 bits per heavy atom. The summed E-state index contributed by atoms with van der Waals surface area (Å²) in [6.45, 7) is 0.462. The molecule has 0 saturated heterocycles. The fourth-order valence-electron chi connectivity index (χ4n) is 3.61. The second kappa shape index (κ2) is 7.36. The van der Waals surface area contributed by atoms with Crippen LogP contribution in [-0.4, -0.2) is 31.4 Å². The molecule has 25 heavy (non-hydrogen) atoms. The molecule has 1 atom stereocenters. The van der Waals surface area contributed by atoms with E-state index in [-0.39, 0.29) is 17.8 Å². The number of nitrogens with zero attached hydrogens (tertiary/aromatic N) is 1. The Hall–Kier alpha value is -2.20. The van der Waals surface area contributed by atoms with Crippen molar-refractivity contribution >= 4 is 5.91 Å². The maximum atomic E-state index is 13.6. The number of halogens is 1. The summed E-state index contributed by atoms with van der Waals surface area (Å²) in [4.78, 5) is 15.0. The first kappa shape index (κ1) is 17.6. The molecule has 0 radical (unpaired) electrons. The van der Waals surface area contributed by atoms with Gasteiger partial charge in [0.05, 0.1) is 11.5 Å². The summed E-state index contributed by atoms with van der Waals surface area (Å²) in [5.41, 5.74) is 1.55. The summed E-state index contributed by atoms with van der Waals surface area (Å²) in [5.74, 6) is -0.177. The van der Waals surface area contributed by atoms with Crippen molar-refractivity contribution in [3.63, 3.8) is 0 Å². The number of rotatable bonds is 6. The summed E-state index contributed by atoms with van der Waals surface area (Å²) < 4.78 is 13.6. The molecule has 132 valence electrons. The first-order chi connectivity index (χ1) is 12.0. The second-order valence-electron chi connectivity index (χ2n) is 7.05. The lowest BCUT2D eigenvalue weighted by Gasteiger charge is -2.41. The fraction of sp³-hybridized carbons (Fsp3) is 0.381. The Morgan fingerprint density at radius 2 is 1.88 bits per heavy atom. The van der Waals surface area contributed by atoms with Gasteiger partial charge in [-0.3, -0.25) is 4.79 Å². The lowest BCUT2D eigenvalue weighted by molar-refractivity contribution is -0.130. The Morgan fingerprint density at radius 3 is 2.44 bits per heavy atom. The molecule has 2 aromatic carbocycles. The van der Waals surface area contributed by atoms with Crippen molar-refractivity contribution in [2.24, 2.45) is 0 Å². The summed E-state index contributed by atoms with van der Waals surface area (Å²) in [7, 11) is 3.88. The van der Waals surface area contributed by atoms with Crippen LogP contribution in [0.3, 0.4) is 0 Å². The van der Waals surface area contributed by atoms with Gasteiger partial charge in [0.1, 0.15) is 5.82 Å². The van der Waals surface area contributed by atoms with Crippen LogP contribution in [0.25, 0.3) is 0 Å². The molecule has 1 amide bonds. The summed E-state index contributed by atoms with van der Waals surface area (Å²) in [6.07, 6.45) is 2.84. The van der Waals surface area contributed by atoms with Crippen LogP contribution in [0.4, 0.5) is 4.39 Å². The topological polar surface area (TPSA) is 32.3 Å². The van der Waals surface area contributed by atoms with Crippen molar-refractivity contribution in [2.45, 2.75) is 30.7 Å². The summed E-state index contributed by atoms with van der Waals surface area (Å²) in [5, 5.41) is 3.12. The molecular formula is C21H25FN2O. The predicted molar refractivity (Wildman–Crippen MR) is 97.8 cm³/mol. The largest absolute Gasteiger partial charge is 0.353 e. The molecule has 0 bridgehead atoms. The first-order valence-corrected chi connectivity index (χ1v) is 8.79. The van der Waals surface area contributed by atoms with Crippen LogP contribution in [0.15, 0.2) is 54.6 Å². The third kappa shape index (κ3) is 3.59. The molecule has 0 aromatic heterocycles. The maximum absolute atomic E-state index is 13.6. The van der Waals surface area contributed by atoms with E-state index in [1.165, 1.54) is 12.1 Å². The highest BCUT2D eigenvalue weighted by atomic mass is 19.1. The number of nitrogens with one attached hydrogen (secondary N) is 1. The molecule has 0 heterocycles. The minimum absolute atomic E-state index is 0.0625. The van der Waals surface area contributed by atoms with Crippen molar-refractivity contribution in [1.29, 1.82) is 0 Å². The average molecular weight is 340 g/mol. The lowest BCUT2D eigenvalue weighted by Crippen LogP contribution is -2.50. The monoisotopic (exact) mass is 340 g/mol. The zero-order valence-electron chi connectivity index (χ0n) is 14.8. The molecule has 4 heteroatoms. The van der Waals surface area contributed by atoms with Gasteiger partial charge in [-0.15, -0.1) is 0 Å². The van der Waals surface area contributed by atoms with E-state index < -0.39 is 5.41 Å². The van der Waals surface area contributed by atoms with E-state index in [2.05, 4.69) is 5.32 Å². The quantitative estimate of drug-likeness (QED) is 0.870.